The third-order valence-corrected chi connectivity index (χ3v) is 3.75. The lowest BCUT2D eigenvalue weighted by Crippen LogP contribution is -2.03. The van der Waals surface area contributed by atoms with Gasteiger partial charge in [-0.15, -0.1) is 0 Å². The molecule has 7 heteroatoms. The molecule has 1 aliphatic rings. The fraction of sp³-hybridized carbons (Fsp3) is 0.467. The molecule has 2 N–H and O–H groups in total. The van der Waals surface area contributed by atoms with Gasteiger partial charge in [0.15, 0.2) is 11.5 Å². The Morgan fingerprint density at radius 1 is 1.27 bits per heavy atom. The van der Waals surface area contributed by atoms with E-state index in [9.17, 15) is 0 Å². The lowest BCUT2D eigenvalue weighted by Gasteiger charge is -2.19. The van der Waals surface area contributed by atoms with Crippen LogP contribution < -0.4 is 15.2 Å². The van der Waals surface area contributed by atoms with Gasteiger partial charge in [0.25, 0.3) is 0 Å². The molecule has 1 aromatic carbocycles. The zero-order valence-corrected chi connectivity index (χ0v) is 13.3. The minimum absolute atomic E-state index is 0.183. The number of nitrogens with zero attached hydrogens (tertiary/aromatic N) is 2. The first-order chi connectivity index (χ1) is 10.6. The van der Waals surface area contributed by atoms with E-state index in [2.05, 4.69) is 24.0 Å². The summed E-state index contributed by atoms with van der Waals surface area (Å²) >= 11 is 6.37. The highest BCUT2D eigenvalue weighted by Gasteiger charge is 2.26. The number of halogens is 1. The number of fused-ring (bicyclic) bond motifs is 1. The smallest absolute Gasteiger partial charge is 0.240 e. The summed E-state index contributed by atoms with van der Waals surface area (Å²) in [5, 5.41) is 4.47. The van der Waals surface area contributed by atoms with E-state index in [-0.39, 0.29) is 12.5 Å². The quantitative estimate of drug-likeness (QED) is 0.934. The Bertz CT molecular complexity index is 685. The Kier molecular flexibility index (Phi) is 4.22. The minimum atomic E-state index is 0.183. The number of hydrogen-bond donors (Lipinski definition) is 1. The maximum atomic E-state index is 6.37. The SMILES string of the molecule is CC(C)c1c(-c2noc(CN)n2)cc(Cl)c2c1OCCCO2. The van der Waals surface area contributed by atoms with E-state index in [4.69, 9.17) is 31.3 Å². The number of benzene rings is 1. The van der Waals surface area contributed by atoms with Crippen LogP contribution in [0, 0.1) is 0 Å². The van der Waals surface area contributed by atoms with Crippen LogP contribution in [0.5, 0.6) is 11.5 Å². The molecule has 22 heavy (non-hydrogen) atoms. The number of ether oxygens (including phenoxy) is 2. The lowest BCUT2D eigenvalue weighted by molar-refractivity contribution is 0.296. The van der Waals surface area contributed by atoms with Crippen molar-refractivity contribution in [2.75, 3.05) is 13.2 Å². The maximum absolute atomic E-state index is 6.37. The molecule has 0 aliphatic carbocycles. The summed E-state index contributed by atoms with van der Waals surface area (Å²) in [4.78, 5) is 4.30. The van der Waals surface area contributed by atoms with Crippen molar-refractivity contribution in [1.82, 2.24) is 10.1 Å². The van der Waals surface area contributed by atoms with E-state index in [1.807, 2.05) is 0 Å². The van der Waals surface area contributed by atoms with Crippen molar-refractivity contribution in [1.29, 1.82) is 0 Å². The van der Waals surface area contributed by atoms with Gasteiger partial charge in [0.1, 0.15) is 0 Å². The molecule has 1 aromatic heterocycles. The van der Waals surface area contributed by atoms with Crippen LogP contribution in [0.4, 0.5) is 0 Å². The number of aromatic nitrogens is 2. The highest BCUT2D eigenvalue weighted by atomic mass is 35.5. The Morgan fingerprint density at radius 3 is 2.64 bits per heavy atom. The molecule has 6 nitrogen and oxygen atoms in total. The van der Waals surface area contributed by atoms with Crippen molar-refractivity contribution in [3.05, 3.63) is 22.5 Å². The average Bonchev–Trinajstić information content (AvgIpc) is 2.84. The fourth-order valence-corrected chi connectivity index (χ4v) is 2.76. The number of rotatable bonds is 3. The second kappa shape index (κ2) is 6.14. The van der Waals surface area contributed by atoms with Crippen molar-refractivity contribution in [3.8, 4) is 22.9 Å². The Balaban J connectivity index is 2.21. The van der Waals surface area contributed by atoms with Gasteiger partial charge in [0, 0.05) is 17.5 Å². The minimum Gasteiger partial charge on any atom is -0.489 e. The Hall–Kier alpha value is -1.79. The first-order valence-corrected chi connectivity index (χ1v) is 7.64. The molecule has 0 radical (unpaired) electrons. The van der Waals surface area contributed by atoms with E-state index in [1.54, 1.807) is 6.07 Å². The second-order valence-electron chi connectivity index (χ2n) is 5.40. The topological polar surface area (TPSA) is 83.4 Å². The van der Waals surface area contributed by atoms with Crippen LogP contribution in [0.2, 0.25) is 5.02 Å². The monoisotopic (exact) mass is 323 g/mol. The van der Waals surface area contributed by atoms with Crippen molar-refractivity contribution in [3.63, 3.8) is 0 Å². The van der Waals surface area contributed by atoms with E-state index >= 15 is 0 Å². The van der Waals surface area contributed by atoms with E-state index in [0.717, 1.165) is 17.5 Å². The van der Waals surface area contributed by atoms with Gasteiger partial charge in [0.05, 0.1) is 24.8 Å². The largest absolute Gasteiger partial charge is 0.489 e. The van der Waals surface area contributed by atoms with Crippen molar-refractivity contribution < 1.29 is 14.0 Å². The lowest BCUT2D eigenvalue weighted by atomic mass is 9.95. The molecule has 0 fully saturated rings. The third-order valence-electron chi connectivity index (χ3n) is 3.47. The summed E-state index contributed by atoms with van der Waals surface area (Å²) in [7, 11) is 0. The molecule has 3 rings (SSSR count). The molecular formula is C15H18ClN3O3. The predicted molar refractivity (Wildman–Crippen MR) is 82.3 cm³/mol. The number of nitrogens with two attached hydrogens (primary N) is 1. The van der Waals surface area contributed by atoms with Gasteiger partial charge in [-0.05, 0) is 12.0 Å². The van der Waals surface area contributed by atoms with Gasteiger partial charge in [-0.25, -0.2) is 0 Å². The van der Waals surface area contributed by atoms with Crippen LogP contribution in [0.25, 0.3) is 11.4 Å². The summed E-state index contributed by atoms with van der Waals surface area (Å²) in [6.45, 7) is 5.52. The molecule has 0 saturated heterocycles. The van der Waals surface area contributed by atoms with Gasteiger partial charge >= 0.3 is 0 Å². The first kappa shape index (κ1) is 15.1. The summed E-state index contributed by atoms with van der Waals surface area (Å²) in [6.07, 6.45) is 0.817. The van der Waals surface area contributed by atoms with E-state index < -0.39 is 0 Å². The average molecular weight is 324 g/mol. The molecule has 0 atom stereocenters. The Morgan fingerprint density at radius 2 is 2.00 bits per heavy atom. The molecule has 0 saturated carbocycles. The standard InChI is InChI=1S/C15H18ClN3O3/c1-8(2)12-9(15-18-11(7-17)22-19-15)6-10(16)13-14(12)21-5-3-4-20-13/h6,8H,3-5,7,17H2,1-2H3. The van der Waals surface area contributed by atoms with Gasteiger partial charge in [-0.3, -0.25) is 0 Å². The van der Waals surface area contributed by atoms with Crippen LogP contribution in [-0.4, -0.2) is 23.4 Å². The van der Waals surface area contributed by atoms with E-state index in [0.29, 0.717) is 41.5 Å². The van der Waals surface area contributed by atoms with Gasteiger partial charge in [-0.1, -0.05) is 30.6 Å². The molecular weight excluding hydrogens is 306 g/mol. The molecule has 2 heterocycles. The van der Waals surface area contributed by atoms with Crippen molar-refractivity contribution in [2.45, 2.75) is 32.7 Å². The highest BCUT2D eigenvalue weighted by Crippen LogP contribution is 2.47. The van der Waals surface area contributed by atoms with Gasteiger partial charge < -0.3 is 19.7 Å². The van der Waals surface area contributed by atoms with Crippen LogP contribution in [0.15, 0.2) is 10.6 Å². The summed E-state index contributed by atoms with van der Waals surface area (Å²) < 4.78 is 16.8. The summed E-state index contributed by atoms with van der Waals surface area (Å²) in [6, 6.07) is 1.80. The predicted octanol–water partition coefficient (Wildman–Crippen LogP) is 3.13. The van der Waals surface area contributed by atoms with Gasteiger partial charge in [-0.2, -0.15) is 4.98 Å². The highest BCUT2D eigenvalue weighted by molar-refractivity contribution is 6.32. The zero-order chi connectivity index (χ0) is 15.7. The first-order valence-electron chi connectivity index (χ1n) is 7.26. The van der Waals surface area contributed by atoms with E-state index in [1.165, 1.54) is 0 Å². The van der Waals surface area contributed by atoms with Gasteiger partial charge in [0.2, 0.25) is 11.7 Å². The van der Waals surface area contributed by atoms with Crippen LogP contribution in [0.1, 0.15) is 37.6 Å². The summed E-state index contributed by atoms with van der Waals surface area (Å²) in [5.74, 6) is 2.29. The molecule has 0 bridgehead atoms. The maximum Gasteiger partial charge on any atom is 0.240 e. The molecule has 2 aromatic rings. The Labute approximate surface area is 133 Å². The number of hydrogen-bond acceptors (Lipinski definition) is 6. The van der Waals surface area contributed by atoms with Crippen LogP contribution in [-0.2, 0) is 6.54 Å². The molecule has 0 unspecified atom stereocenters. The molecule has 0 amide bonds. The van der Waals surface area contributed by atoms with Crippen LogP contribution >= 0.6 is 11.6 Å². The summed E-state index contributed by atoms with van der Waals surface area (Å²) in [5.41, 5.74) is 7.28. The van der Waals surface area contributed by atoms with Crippen LogP contribution in [0.3, 0.4) is 0 Å². The zero-order valence-electron chi connectivity index (χ0n) is 12.6. The molecule has 0 spiro atoms. The fourth-order valence-electron chi connectivity index (χ4n) is 2.51. The normalized spacial score (nSPS) is 14.2. The van der Waals surface area contributed by atoms with Crippen molar-refractivity contribution in [2.24, 2.45) is 5.73 Å². The third kappa shape index (κ3) is 2.64. The second-order valence-corrected chi connectivity index (χ2v) is 5.81. The van der Waals surface area contributed by atoms with Crippen molar-refractivity contribution >= 4 is 11.6 Å². The molecule has 118 valence electrons. The molecule has 1 aliphatic heterocycles.